The van der Waals surface area contributed by atoms with Crippen molar-refractivity contribution in [2.45, 2.75) is 39.0 Å². The molecule has 2 unspecified atom stereocenters. The molecule has 1 fully saturated rings. The number of aliphatic hydroxyl groups excluding tert-OH is 1. The zero-order valence-electron chi connectivity index (χ0n) is 11.7. The Morgan fingerprint density at radius 3 is 2.90 bits per heavy atom. The minimum Gasteiger partial charge on any atom is -0.394 e. The van der Waals surface area contributed by atoms with Gasteiger partial charge in [-0.2, -0.15) is 4.98 Å². The van der Waals surface area contributed by atoms with Crippen molar-refractivity contribution in [1.82, 2.24) is 9.97 Å². The summed E-state index contributed by atoms with van der Waals surface area (Å²) in [6, 6.07) is 0. The zero-order valence-corrected chi connectivity index (χ0v) is 11.7. The molecule has 112 valence electrons. The highest BCUT2D eigenvalue weighted by Gasteiger charge is 2.35. The van der Waals surface area contributed by atoms with Crippen molar-refractivity contribution in [2.24, 2.45) is 0 Å². The Balaban J connectivity index is 0.000000704. The van der Waals surface area contributed by atoms with Crippen LogP contribution in [0.5, 0.6) is 0 Å². The summed E-state index contributed by atoms with van der Waals surface area (Å²) in [6.07, 6.45) is 1.27. The first kappa shape index (κ1) is 14.6. The number of nitrogens with one attached hydrogen (secondary N) is 2. The van der Waals surface area contributed by atoms with Crippen molar-refractivity contribution < 1.29 is 9.84 Å². The highest BCUT2D eigenvalue weighted by Crippen LogP contribution is 2.32. The second-order valence-corrected chi connectivity index (χ2v) is 4.43. The topological polar surface area (TPSA) is 116 Å². The van der Waals surface area contributed by atoms with Crippen LogP contribution in [0.3, 0.4) is 0 Å². The fourth-order valence-corrected chi connectivity index (χ4v) is 2.37. The van der Waals surface area contributed by atoms with Gasteiger partial charge in [-0.15, -0.1) is 0 Å². The first-order valence-electron chi connectivity index (χ1n) is 6.85. The van der Waals surface area contributed by atoms with E-state index in [-0.39, 0.29) is 30.4 Å². The van der Waals surface area contributed by atoms with Crippen molar-refractivity contribution in [3.8, 4) is 0 Å². The number of rotatable bonds is 2. The van der Waals surface area contributed by atoms with Crippen LogP contribution in [0, 0.1) is 0 Å². The minimum atomic E-state index is -0.281. The second kappa shape index (κ2) is 6.10. The molecule has 0 aromatic carbocycles. The zero-order chi connectivity index (χ0) is 14.7. The van der Waals surface area contributed by atoms with Gasteiger partial charge < -0.3 is 25.8 Å². The van der Waals surface area contributed by atoms with Gasteiger partial charge in [0.2, 0.25) is 5.95 Å². The number of nitrogens with two attached hydrogens (primary N) is 1. The van der Waals surface area contributed by atoms with E-state index >= 15 is 0 Å². The predicted molar refractivity (Wildman–Crippen MR) is 76.6 cm³/mol. The summed E-state index contributed by atoms with van der Waals surface area (Å²) in [7, 11) is 0. The van der Waals surface area contributed by atoms with E-state index in [1.807, 2.05) is 18.7 Å². The minimum absolute atomic E-state index is 0.00949. The number of aliphatic hydroxyl groups is 1. The molecule has 1 aromatic heterocycles. The molecule has 1 aromatic rings. The number of aromatic amines is 1. The molecule has 0 aliphatic carbocycles. The monoisotopic (exact) mass is 283 g/mol. The average molecular weight is 283 g/mol. The quantitative estimate of drug-likeness (QED) is 0.606. The Morgan fingerprint density at radius 2 is 2.25 bits per heavy atom. The highest BCUT2D eigenvalue weighted by atomic mass is 16.5. The Morgan fingerprint density at radius 1 is 1.50 bits per heavy atom. The van der Waals surface area contributed by atoms with E-state index in [0.717, 1.165) is 12.8 Å². The molecule has 3 rings (SSSR count). The molecular formula is C12H21N5O3. The van der Waals surface area contributed by atoms with Gasteiger partial charge in [0.05, 0.1) is 19.4 Å². The van der Waals surface area contributed by atoms with Crippen molar-refractivity contribution >= 4 is 17.5 Å². The number of H-pyrrole nitrogens is 1. The van der Waals surface area contributed by atoms with Gasteiger partial charge in [-0.05, 0) is 12.8 Å². The lowest BCUT2D eigenvalue weighted by Gasteiger charge is -2.24. The van der Waals surface area contributed by atoms with Crippen molar-refractivity contribution in [1.29, 1.82) is 0 Å². The highest BCUT2D eigenvalue weighted by molar-refractivity contribution is 5.70. The molecule has 2 aliphatic rings. The maximum atomic E-state index is 11.7. The van der Waals surface area contributed by atoms with Gasteiger partial charge in [-0.25, -0.2) is 0 Å². The van der Waals surface area contributed by atoms with Crippen LogP contribution >= 0.6 is 0 Å². The normalized spacial score (nSPS) is 23.9. The van der Waals surface area contributed by atoms with Crippen molar-refractivity contribution in [3.05, 3.63) is 10.4 Å². The summed E-state index contributed by atoms with van der Waals surface area (Å²) in [4.78, 5) is 20.1. The van der Waals surface area contributed by atoms with E-state index in [1.165, 1.54) is 0 Å². The van der Waals surface area contributed by atoms with E-state index in [0.29, 0.717) is 18.2 Å². The lowest BCUT2D eigenvalue weighted by atomic mass is 10.2. The van der Waals surface area contributed by atoms with Gasteiger partial charge in [0.1, 0.15) is 11.9 Å². The first-order chi connectivity index (χ1) is 9.69. The molecule has 0 spiro atoms. The number of anilines is 3. The molecule has 0 saturated carbocycles. The Hall–Kier alpha value is -1.80. The smallest absolute Gasteiger partial charge is 0.277 e. The molecule has 8 nitrogen and oxygen atoms in total. The van der Waals surface area contributed by atoms with Crippen LogP contribution < -0.4 is 21.5 Å². The first-order valence-corrected chi connectivity index (χ1v) is 6.85. The second-order valence-electron chi connectivity index (χ2n) is 4.43. The summed E-state index contributed by atoms with van der Waals surface area (Å²) >= 11 is 0. The molecule has 20 heavy (non-hydrogen) atoms. The fraction of sp³-hybridized carbons (Fsp3) is 0.667. The van der Waals surface area contributed by atoms with Crippen molar-refractivity contribution in [3.63, 3.8) is 0 Å². The third kappa shape index (κ3) is 2.56. The summed E-state index contributed by atoms with van der Waals surface area (Å²) in [5.74, 6) is 0.601. The van der Waals surface area contributed by atoms with Gasteiger partial charge in [0.25, 0.3) is 5.56 Å². The van der Waals surface area contributed by atoms with E-state index in [9.17, 15) is 4.79 Å². The van der Waals surface area contributed by atoms with Crippen molar-refractivity contribution in [2.75, 3.05) is 29.2 Å². The SMILES string of the molecule is CC.Nc1nc2c(c(=O)[nH]1)NCN2C1CCC(CO)O1. The van der Waals surface area contributed by atoms with Crippen LogP contribution in [-0.2, 0) is 4.74 Å². The van der Waals surface area contributed by atoms with Gasteiger partial charge in [0, 0.05) is 0 Å². The summed E-state index contributed by atoms with van der Waals surface area (Å²) in [5.41, 5.74) is 5.68. The lowest BCUT2D eigenvalue weighted by Crippen LogP contribution is -2.36. The van der Waals surface area contributed by atoms with E-state index in [1.54, 1.807) is 0 Å². The van der Waals surface area contributed by atoms with Gasteiger partial charge in [0.15, 0.2) is 5.82 Å². The lowest BCUT2D eigenvalue weighted by molar-refractivity contribution is 0.0115. The van der Waals surface area contributed by atoms with Crippen LogP contribution in [-0.4, -0.2) is 40.7 Å². The standard InChI is InChI=1S/C10H15N5O3.C2H6/c11-10-13-8-7(9(17)14-10)12-4-15(8)6-2-1-5(3-16)18-6;1-2/h5-6,12,16H,1-4H2,(H3,11,13,14,17);1-2H3. The number of nitrogen functional groups attached to an aromatic ring is 1. The van der Waals surface area contributed by atoms with Gasteiger partial charge in [-0.1, -0.05) is 13.8 Å². The Bertz CT molecular complexity index is 518. The fourth-order valence-electron chi connectivity index (χ4n) is 2.37. The molecule has 2 aliphatic heterocycles. The number of aromatic nitrogens is 2. The maximum Gasteiger partial charge on any atom is 0.277 e. The maximum absolute atomic E-state index is 11.7. The number of hydrogen-bond acceptors (Lipinski definition) is 7. The Kier molecular flexibility index (Phi) is 4.46. The van der Waals surface area contributed by atoms with E-state index in [4.69, 9.17) is 15.6 Å². The van der Waals surface area contributed by atoms with Crippen LogP contribution in [0.4, 0.5) is 17.5 Å². The van der Waals surface area contributed by atoms with Crippen LogP contribution in [0.1, 0.15) is 26.7 Å². The van der Waals surface area contributed by atoms with E-state index in [2.05, 4.69) is 15.3 Å². The molecule has 0 bridgehead atoms. The molecular weight excluding hydrogens is 262 g/mol. The van der Waals surface area contributed by atoms with Gasteiger partial charge >= 0.3 is 0 Å². The third-order valence-corrected chi connectivity index (χ3v) is 3.25. The molecule has 8 heteroatoms. The molecule has 1 saturated heterocycles. The summed E-state index contributed by atoms with van der Waals surface area (Å²) in [6.45, 7) is 4.47. The predicted octanol–water partition coefficient (Wildman–Crippen LogP) is 0.0651. The van der Waals surface area contributed by atoms with Crippen LogP contribution in [0.15, 0.2) is 4.79 Å². The molecule has 2 atom stereocenters. The van der Waals surface area contributed by atoms with E-state index < -0.39 is 0 Å². The number of ether oxygens (including phenoxy) is 1. The van der Waals surface area contributed by atoms with Crippen LogP contribution in [0.25, 0.3) is 0 Å². The number of hydrogen-bond donors (Lipinski definition) is 4. The van der Waals surface area contributed by atoms with Gasteiger partial charge in [-0.3, -0.25) is 9.78 Å². The number of nitrogens with zero attached hydrogens (tertiary/aromatic N) is 2. The average Bonchev–Trinajstić information content (AvgIpc) is 3.06. The molecule has 5 N–H and O–H groups in total. The molecule has 0 amide bonds. The number of fused-ring (bicyclic) bond motifs is 1. The Labute approximate surface area is 117 Å². The largest absolute Gasteiger partial charge is 0.394 e. The summed E-state index contributed by atoms with van der Waals surface area (Å²) < 4.78 is 5.67. The summed E-state index contributed by atoms with van der Waals surface area (Å²) in [5, 5.41) is 12.0. The third-order valence-electron chi connectivity index (χ3n) is 3.25. The van der Waals surface area contributed by atoms with Crippen LogP contribution in [0.2, 0.25) is 0 Å². The molecule has 3 heterocycles. The molecule has 0 radical (unpaired) electrons.